The van der Waals surface area contributed by atoms with Crippen LogP contribution in [-0.2, 0) is 6.42 Å². The number of rotatable bonds is 2. The highest BCUT2D eigenvalue weighted by molar-refractivity contribution is 5.94. The first-order chi connectivity index (χ1) is 12.0. The molecule has 2 heterocycles. The van der Waals surface area contributed by atoms with Gasteiger partial charge < -0.3 is 11.5 Å². The highest BCUT2D eigenvalue weighted by Crippen LogP contribution is 2.29. The number of nitrogens with two attached hydrogens (primary N) is 2. The molecule has 0 amide bonds. The number of nitrogens with zero attached hydrogens (tertiary/aromatic N) is 2. The molecule has 0 aliphatic heterocycles. The third kappa shape index (κ3) is 2.66. The zero-order valence-corrected chi connectivity index (χ0v) is 14.4. The van der Waals surface area contributed by atoms with E-state index in [1.165, 1.54) is 11.1 Å². The second-order valence-corrected chi connectivity index (χ2v) is 6.50. The van der Waals surface area contributed by atoms with Gasteiger partial charge >= 0.3 is 0 Å². The number of anilines is 2. The largest absolute Gasteiger partial charge is 0.397 e. The van der Waals surface area contributed by atoms with E-state index >= 15 is 0 Å². The number of aromatic nitrogens is 2. The predicted molar refractivity (Wildman–Crippen MR) is 105 cm³/mol. The van der Waals surface area contributed by atoms with Crippen LogP contribution in [0.3, 0.4) is 0 Å². The van der Waals surface area contributed by atoms with Crippen molar-refractivity contribution in [3.63, 3.8) is 0 Å². The Labute approximate surface area is 146 Å². The lowest BCUT2D eigenvalue weighted by Crippen LogP contribution is -1.99. The van der Waals surface area contributed by atoms with E-state index in [0.717, 1.165) is 39.6 Å². The number of aryl methyl sites for hydroxylation is 2. The molecule has 4 heteroatoms. The van der Waals surface area contributed by atoms with Gasteiger partial charge in [0.1, 0.15) is 0 Å². The van der Waals surface area contributed by atoms with Gasteiger partial charge in [0, 0.05) is 22.2 Å². The fourth-order valence-corrected chi connectivity index (χ4v) is 3.30. The molecule has 0 saturated carbocycles. The minimum absolute atomic E-state index is 0.710. The van der Waals surface area contributed by atoms with Crippen LogP contribution in [0.4, 0.5) is 11.4 Å². The van der Waals surface area contributed by atoms with Crippen LogP contribution in [0.25, 0.3) is 21.8 Å². The van der Waals surface area contributed by atoms with Gasteiger partial charge in [-0.15, -0.1) is 0 Å². The molecule has 4 aromatic rings. The average Bonchev–Trinajstić information content (AvgIpc) is 2.60. The molecule has 0 saturated heterocycles. The zero-order valence-electron chi connectivity index (χ0n) is 14.4. The molecule has 4 rings (SSSR count). The van der Waals surface area contributed by atoms with Crippen LogP contribution in [-0.4, -0.2) is 9.97 Å². The zero-order chi connectivity index (χ0) is 17.6. The molecule has 2 aromatic heterocycles. The first kappa shape index (κ1) is 15.4. The number of hydrogen-bond donors (Lipinski definition) is 2. The van der Waals surface area contributed by atoms with Crippen LogP contribution in [0.2, 0.25) is 0 Å². The van der Waals surface area contributed by atoms with Gasteiger partial charge in [-0.05, 0) is 55.7 Å². The van der Waals surface area contributed by atoms with E-state index in [-0.39, 0.29) is 0 Å². The third-order valence-corrected chi connectivity index (χ3v) is 4.62. The van der Waals surface area contributed by atoms with Crippen molar-refractivity contribution in [2.75, 3.05) is 11.5 Å². The summed E-state index contributed by atoms with van der Waals surface area (Å²) in [7, 11) is 0. The van der Waals surface area contributed by atoms with Gasteiger partial charge in [-0.3, -0.25) is 9.97 Å². The lowest BCUT2D eigenvalue weighted by Gasteiger charge is -2.12. The highest BCUT2D eigenvalue weighted by Gasteiger charge is 2.10. The summed E-state index contributed by atoms with van der Waals surface area (Å²) < 4.78 is 0. The molecule has 0 aliphatic carbocycles. The number of pyridine rings is 2. The summed E-state index contributed by atoms with van der Waals surface area (Å²) in [5, 5.41) is 2.19. The molecule has 0 fully saturated rings. The first-order valence-electron chi connectivity index (χ1n) is 8.32. The molecule has 0 unspecified atom stereocenters. The Morgan fingerprint density at radius 2 is 1.08 bits per heavy atom. The van der Waals surface area contributed by atoms with E-state index in [9.17, 15) is 0 Å². The lowest BCUT2D eigenvalue weighted by molar-refractivity contribution is 1.20. The summed E-state index contributed by atoms with van der Waals surface area (Å²) in [6.07, 6.45) is 0.781. The molecule has 4 nitrogen and oxygen atoms in total. The molecule has 124 valence electrons. The lowest BCUT2D eigenvalue weighted by atomic mass is 9.96. The predicted octanol–water partition coefficient (Wildman–Crippen LogP) is 4.16. The molecular formula is C21H20N4. The molecule has 0 bridgehead atoms. The summed E-state index contributed by atoms with van der Waals surface area (Å²) in [6, 6.07) is 16.3. The Balaban J connectivity index is 1.89. The molecule has 0 aliphatic rings. The van der Waals surface area contributed by atoms with Gasteiger partial charge in [-0.2, -0.15) is 0 Å². The first-order valence-corrected chi connectivity index (χ1v) is 8.32. The molecule has 0 atom stereocenters. The molecule has 4 N–H and O–H groups in total. The second-order valence-electron chi connectivity index (χ2n) is 6.50. The van der Waals surface area contributed by atoms with Gasteiger partial charge in [-0.25, -0.2) is 0 Å². The van der Waals surface area contributed by atoms with Crippen LogP contribution in [0.1, 0.15) is 22.5 Å². The smallest absolute Gasteiger partial charge is 0.0937 e. The van der Waals surface area contributed by atoms with Crippen molar-refractivity contribution in [1.82, 2.24) is 9.97 Å². The van der Waals surface area contributed by atoms with Gasteiger partial charge in [0.15, 0.2) is 0 Å². The molecule has 0 spiro atoms. The van der Waals surface area contributed by atoms with E-state index in [2.05, 4.69) is 34.2 Å². The fourth-order valence-electron chi connectivity index (χ4n) is 3.30. The maximum atomic E-state index is 6.13. The minimum Gasteiger partial charge on any atom is -0.397 e. The number of hydrogen-bond acceptors (Lipinski definition) is 4. The normalized spacial score (nSPS) is 11.3. The standard InChI is InChI=1S/C21H20N4/c1-12-3-7-16-14(5-9-18(22)20(16)24-12)11-15-6-10-19(23)21-17(15)8-4-13(2)25-21/h3-10H,11,22-23H2,1-2H3. The van der Waals surface area contributed by atoms with Crippen LogP contribution in [0.15, 0.2) is 48.5 Å². The van der Waals surface area contributed by atoms with Crippen molar-refractivity contribution in [3.05, 3.63) is 71.0 Å². The summed E-state index contributed by atoms with van der Waals surface area (Å²) in [5.74, 6) is 0. The summed E-state index contributed by atoms with van der Waals surface area (Å²) in [4.78, 5) is 9.22. The van der Waals surface area contributed by atoms with E-state index < -0.39 is 0 Å². The van der Waals surface area contributed by atoms with Crippen molar-refractivity contribution in [2.45, 2.75) is 20.3 Å². The maximum Gasteiger partial charge on any atom is 0.0937 e. The van der Waals surface area contributed by atoms with Gasteiger partial charge in [0.25, 0.3) is 0 Å². The third-order valence-electron chi connectivity index (χ3n) is 4.62. The summed E-state index contributed by atoms with van der Waals surface area (Å²) >= 11 is 0. The molecule has 2 aromatic carbocycles. The Kier molecular flexibility index (Phi) is 3.53. The van der Waals surface area contributed by atoms with Crippen LogP contribution < -0.4 is 11.5 Å². The quantitative estimate of drug-likeness (QED) is 0.542. The monoisotopic (exact) mass is 328 g/mol. The topological polar surface area (TPSA) is 77.8 Å². The van der Waals surface area contributed by atoms with Crippen molar-refractivity contribution in [1.29, 1.82) is 0 Å². The van der Waals surface area contributed by atoms with E-state index in [0.29, 0.717) is 11.4 Å². The van der Waals surface area contributed by atoms with Gasteiger partial charge in [0.2, 0.25) is 0 Å². The van der Waals surface area contributed by atoms with Crippen LogP contribution in [0, 0.1) is 13.8 Å². The summed E-state index contributed by atoms with van der Waals surface area (Å²) in [5.41, 5.74) is 19.7. The molecule has 25 heavy (non-hydrogen) atoms. The number of benzene rings is 2. The van der Waals surface area contributed by atoms with Crippen LogP contribution in [0.5, 0.6) is 0 Å². The average molecular weight is 328 g/mol. The highest BCUT2D eigenvalue weighted by atomic mass is 14.7. The van der Waals surface area contributed by atoms with Gasteiger partial charge in [-0.1, -0.05) is 24.3 Å². The second kappa shape index (κ2) is 5.74. The Hall–Kier alpha value is -3.14. The minimum atomic E-state index is 0.710. The molecule has 0 radical (unpaired) electrons. The van der Waals surface area contributed by atoms with Crippen LogP contribution >= 0.6 is 0 Å². The number of fused-ring (bicyclic) bond motifs is 2. The summed E-state index contributed by atoms with van der Waals surface area (Å²) in [6.45, 7) is 3.96. The van der Waals surface area contributed by atoms with E-state index in [1.54, 1.807) is 0 Å². The SMILES string of the molecule is Cc1ccc2c(Cc3ccc(N)c4nc(C)ccc34)ccc(N)c2n1. The Morgan fingerprint density at radius 3 is 1.52 bits per heavy atom. The fraction of sp³-hybridized carbons (Fsp3) is 0.143. The van der Waals surface area contributed by atoms with Crippen molar-refractivity contribution in [3.8, 4) is 0 Å². The van der Waals surface area contributed by atoms with E-state index in [4.69, 9.17) is 11.5 Å². The van der Waals surface area contributed by atoms with E-state index in [1.807, 2.05) is 38.1 Å². The van der Waals surface area contributed by atoms with Crippen molar-refractivity contribution >= 4 is 33.2 Å². The Morgan fingerprint density at radius 1 is 0.640 bits per heavy atom. The van der Waals surface area contributed by atoms with Crippen molar-refractivity contribution < 1.29 is 0 Å². The maximum absolute atomic E-state index is 6.13. The molecular weight excluding hydrogens is 308 g/mol. The van der Waals surface area contributed by atoms with Gasteiger partial charge in [0.05, 0.1) is 22.4 Å². The number of nitrogen functional groups attached to an aromatic ring is 2. The Bertz CT molecular complexity index is 1030. The van der Waals surface area contributed by atoms with Crippen molar-refractivity contribution in [2.24, 2.45) is 0 Å².